The average molecular weight is 354 g/mol. The van der Waals surface area contributed by atoms with Crippen LogP contribution in [0.2, 0.25) is 0 Å². The van der Waals surface area contributed by atoms with Gasteiger partial charge < -0.3 is 5.73 Å². The zero-order valence-electron chi connectivity index (χ0n) is 13.6. The Labute approximate surface area is 146 Å². The monoisotopic (exact) mass is 354 g/mol. The van der Waals surface area contributed by atoms with E-state index in [0.29, 0.717) is 5.56 Å². The van der Waals surface area contributed by atoms with Gasteiger partial charge in [0.15, 0.2) is 0 Å². The predicted molar refractivity (Wildman–Crippen MR) is 97.3 cm³/mol. The Morgan fingerprint density at radius 2 is 1.52 bits per heavy atom. The van der Waals surface area contributed by atoms with Gasteiger partial charge in [0.25, 0.3) is 0 Å². The van der Waals surface area contributed by atoms with Crippen molar-refractivity contribution >= 4 is 26.7 Å². The lowest BCUT2D eigenvalue weighted by Gasteiger charge is -2.27. The topological polar surface area (TPSA) is 89.3 Å². The number of nitrogens with one attached hydrogen (secondary N) is 1. The van der Waals surface area contributed by atoms with E-state index in [4.69, 9.17) is 5.73 Å². The van der Waals surface area contributed by atoms with Gasteiger partial charge in [0.05, 0.1) is 4.90 Å². The molecule has 0 aliphatic heterocycles. The number of fused-ring (bicyclic) bond motifs is 1. The summed E-state index contributed by atoms with van der Waals surface area (Å²) in [5.41, 5.74) is 4.44. The van der Waals surface area contributed by atoms with Crippen molar-refractivity contribution in [1.29, 1.82) is 0 Å². The van der Waals surface area contributed by atoms with Gasteiger partial charge in [-0.15, -0.1) is 0 Å². The third-order valence-electron chi connectivity index (χ3n) is 4.21. The summed E-state index contributed by atoms with van der Waals surface area (Å²) in [6, 6.07) is 20.8. The Morgan fingerprint density at radius 3 is 2.16 bits per heavy atom. The molecule has 1 amide bonds. The second-order valence-electron chi connectivity index (χ2n) is 5.97. The molecule has 6 heteroatoms. The van der Waals surface area contributed by atoms with Crippen molar-refractivity contribution in [1.82, 2.24) is 4.72 Å². The fourth-order valence-corrected chi connectivity index (χ4v) is 4.09. The van der Waals surface area contributed by atoms with Crippen LogP contribution in [0, 0.1) is 0 Å². The summed E-state index contributed by atoms with van der Waals surface area (Å²) in [4.78, 5) is 12.1. The Kier molecular flexibility index (Phi) is 4.32. The minimum Gasteiger partial charge on any atom is -0.368 e. The first-order chi connectivity index (χ1) is 11.8. The van der Waals surface area contributed by atoms with Crippen LogP contribution in [0.15, 0.2) is 77.7 Å². The van der Waals surface area contributed by atoms with E-state index in [2.05, 4.69) is 4.72 Å². The SMILES string of the molecule is CC(NS(=O)(=O)c1ccc2ccccc2c1)(C(N)=O)c1ccccc1. The third-order valence-corrected chi connectivity index (χ3v) is 5.77. The van der Waals surface area contributed by atoms with Crippen LogP contribution in [0.25, 0.3) is 10.8 Å². The Morgan fingerprint density at radius 1 is 0.920 bits per heavy atom. The molecule has 0 aliphatic carbocycles. The minimum atomic E-state index is -3.95. The first-order valence-corrected chi connectivity index (χ1v) is 9.19. The minimum absolute atomic E-state index is 0.0783. The number of hydrogen-bond acceptors (Lipinski definition) is 3. The van der Waals surface area contributed by atoms with Crippen molar-refractivity contribution in [2.24, 2.45) is 5.73 Å². The van der Waals surface area contributed by atoms with E-state index in [1.165, 1.54) is 13.0 Å². The molecule has 0 fully saturated rings. The number of hydrogen-bond donors (Lipinski definition) is 2. The highest BCUT2D eigenvalue weighted by Crippen LogP contribution is 2.25. The molecule has 3 aromatic carbocycles. The van der Waals surface area contributed by atoms with Crippen molar-refractivity contribution in [3.05, 3.63) is 78.4 Å². The van der Waals surface area contributed by atoms with Crippen LogP contribution in [-0.2, 0) is 20.4 Å². The molecule has 5 nitrogen and oxygen atoms in total. The molecular weight excluding hydrogens is 336 g/mol. The van der Waals surface area contributed by atoms with Gasteiger partial charge in [0, 0.05) is 0 Å². The van der Waals surface area contributed by atoms with Crippen molar-refractivity contribution in [2.45, 2.75) is 17.4 Å². The fourth-order valence-electron chi connectivity index (χ4n) is 2.69. The smallest absolute Gasteiger partial charge is 0.243 e. The van der Waals surface area contributed by atoms with Gasteiger partial charge in [0.2, 0.25) is 15.9 Å². The molecule has 3 N–H and O–H groups in total. The standard InChI is InChI=1S/C19H18N2O3S/c1-19(18(20)22,16-9-3-2-4-10-16)21-25(23,24)17-12-11-14-7-5-6-8-15(14)13-17/h2-13,21H,1H3,(H2,20,22). The molecule has 0 heterocycles. The molecule has 0 radical (unpaired) electrons. The first-order valence-electron chi connectivity index (χ1n) is 7.71. The van der Waals surface area contributed by atoms with Crippen LogP contribution in [0.5, 0.6) is 0 Å². The van der Waals surface area contributed by atoms with E-state index in [0.717, 1.165) is 10.8 Å². The maximum absolute atomic E-state index is 12.9. The number of amides is 1. The van der Waals surface area contributed by atoms with Crippen molar-refractivity contribution in [3.63, 3.8) is 0 Å². The number of nitrogens with two attached hydrogens (primary N) is 1. The largest absolute Gasteiger partial charge is 0.368 e. The van der Waals surface area contributed by atoms with E-state index in [-0.39, 0.29) is 4.90 Å². The second kappa shape index (κ2) is 6.31. The van der Waals surface area contributed by atoms with Gasteiger partial charge in [0.1, 0.15) is 5.54 Å². The summed E-state index contributed by atoms with van der Waals surface area (Å²) in [6.45, 7) is 1.46. The van der Waals surface area contributed by atoms with Crippen LogP contribution in [0.3, 0.4) is 0 Å². The Bertz CT molecular complexity index is 1030. The molecule has 25 heavy (non-hydrogen) atoms. The highest BCUT2D eigenvalue weighted by molar-refractivity contribution is 7.89. The lowest BCUT2D eigenvalue weighted by Crippen LogP contribution is -2.52. The molecular formula is C19H18N2O3S. The number of sulfonamides is 1. The van der Waals surface area contributed by atoms with Gasteiger partial charge in [-0.05, 0) is 35.4 Å². The average Bonchev–Trinajstić information content (AvgIpc) is 2.61. The third kappa shape index (κ3) is 3.26. The summed E-state index contributed by atoms with van der Waals surface area (Å²) in [5, 5.41) is 1.73. The van der Waals surface area contributed by atoms with Crippen LogP contribution < -0.4 is 10.5 Å². The van der Waals surface area contributed by atoms with Gasteiger partial charge in [-0.25, -0.2) is 8.42 Å². The van der Waals surface area contributed by atoms with E-state index in [9.17, 15) is 13.2 Å². The molecule has 0 saturated carbocycles. The van der Waals surface area contributed by atoms with Gasteiger partial charge >= 0.3 is 0 Å². The van der Waals surface area contributed by atoms with Crippen molar-refractivity contribution in [3.8, 4) is 0 Å². The Hall–Kier alpha value is -2.70. The molecule has 0 aliphatic rings. The predicted octanol–water partition coefficient (Wildman–Crippen LogP) is 2.52. The van der Waals surface area contributed by atoms with Gasteiger partial charge in [-0.3, -0.25) is 4.79 Å². The van der Waals surface area contributed by atoms with Crippen molar-refractivity contribution < 1.29 is 13.2 Å². The Balaban J connectivity index is 2.04. The summed E-state index contributed by atoms with van der Waals surface area (Å²) < 4.78 is 28.2. The van der Waals surface area contributed by atoms with Crippen LogP contribution in [-0.4, -0.2) is 14.3 Å². The lowest BCUT2D eigenvalue weighted by atomic mass is 9.93. The van der Waals surface area contributed by atoms with E-state index >= 15 is 0 Å². The van der Waals surface area contributed by atoms with Crippen molar-refractivity contribution in [2.75, 3.05) is 0 Å². The molecule has 0 saturated heterocycles. The fraction of sp³-hybridized carbons (Fsp3) is 0.105. The molecule has 128 valence electrons. The first kappa shape index (κ1) is 17.1. The molecule has 1 unspecified atom stereocenters. The van der Waals surface area contributed by atoms with Crippen LogP contribution in [0.1, 0.15) is 12.5 Å². The molecule has 0 spiro atoms. The van der Waals surface area contributed by atoms with Gasteiger partial charge in [-0.2, -0.15) is 4.72 Å². The molecule has 0 bridgehead atoms. The molecule has 1 atom stereocenters. The van der Waals surface area contributed by atoms with E-state index < -0.39 is 21.5 Å². The summed E-state index contributed by atoms with van der Waals surface area (Å²) in [7, 11) is -3.95. The lowest BCUT2D eigenvalue weighted by molar-refractivity contribution is -0.123. The zero-order chi connectivity index (χ0) is 18.1. The number of benzene rings is 3. The van der Waals surface area contributed by atoms with Gasteiger partial charge in [-0.1, -0.05) is 60.7 Å². The molecule has 3 rings (SSSR count). The quantitative estimate of drug-likeness (QED) is 0.738. The summed E-state index contributed by atoms with van der Waals surface area (Å²) in [6.07, 6.45) is 0. The number of rotatable bonds is 5. The molecule has 3 aromatic rings. The number of carbonyl (C=O) groups excluding carboxylic acids is 1. The highest BCUT2D eigenvalue weighted by Gasteiger charge is 2.37. The van der Waals surface area contributed by atoms with Crippen LogP contribution in [0.4, 0.5) is 0 Å². The highest BCUT2D eigenvalue weighted by atomic mass is 32.2. The maximum atomic E-state index is 12.9. The second-order valence-corrected chi connectivity index (χ2v) is 7.65. The van der Waals surface area contributed by atoms with E-state index in [1.54, 1.807) is 42.5 Å². The zero-order valence-corrected chi connectivity index (χ0v) is 14.5. The number of carbonyl (C=O) groups is 1. The molecule has 0 aromatic heterocycles. The summed E-state index contributed by atoms with van der Waals surface area (Å²) >= 11 is 0. The van der Waals surface area contributed by atoms with Crippen LogP contribution >= 0.6 is 0 Å². The number of primary amides is 1. The van der Waals surface area contributed by atoms with E-state index in [1.807, 2.05) is 24.3 Å². The normalized spacial score (nSPS) is 14.1. The summed E-state index contributed by atoms with van der Waals surface area (Å²) in [5.74, 6) is -0.775. The maximum Gasteiger partial charge on any atom is 0.243 e.